The first-order valence-corrected chi connectivity index (χ1v) is 9.14. The maximum atomic E-state index is 12.7. The Morgan fingerprint density at radius 2 is 1.29 bits per heavy atom. The number of aryl methyl sites for hydroxylation is 2. The summed E-state index contributed by atoms with van der Waals surface area (Å²) in [7, 11) is 1.57. The van der Waals surface area contributed by atoms with Crippen molar-refractivity contribution in [3.63, 3.8) is 0 Å². The van der Waals surface area contributed by atoms with Crippen molar-refractivity contribution in [1.29, 1.82) is 0 Å². The van der Waals surface area contributed by atoms with Gasteiger partial charge in [-0.05, 0) is 49.2 Å². The first-order chi connectivity index (χ1) is 13.5. The molecule has 0 saturated carbocycles. The molecule has 0 aliphatic rings. The average Bonchev–Trinajstić information content (AvgIpc) is 2.73. The highest BCUT2D eigenvalue weighted by atomic mass is 16.6. The fourth-order valence-electron chi connectivity index (χ4n) is 2.92. The summed E-state index contributed by atoms with van der Waals surface area (Å²) in [6.07, 6.45) is -1.80. The lowest BCUT2D eigenvalue weighted by molar-refractivity contribution is -0.0209. The molecule has 144 valence electrons. The standard InChI is InChI=1S/C24H24O4/c1-16-4-8-18(9-5-16)22(25)23(19-10-6-17(2)7-11-19)28-24(26)20-12-14-21(27-3)15-13-20/h4-15,22-23,25H,1-3H3/t22-,23+/m0/s1. The largest absolute Gasteiger partial charge is 0.497 e. The van der Waals surface area contributed by atoms with Crippen LogP contribution >= 0.6 is 0 Å². The molecule has 0 amide bonds. The third kappa shape index (κ3) is 4.59. The maximum absolute atomic E-state index is 12.7. The predicted octanol–water partition coefficient (Wildman–Crippen LogP) is 4.94. The lowest BCUT2D eigenvalue weighted by atomic mass is 9.96. The van der Waals surface area contributed by atoms with E-state index in [2.05, 4.69) is 0 Å². The van der Waals surface area contributed by atoms with Crippen LogP contribution in [0.2, 0.25) is 0 Å². The number of carbonyl (C=O) groups excluding carboxylic acids is 1. The van der Waals surface area contributed by atoms with Gasteiger partial charge in [0.15, 0.2) is 6.10 Å². The molecule has 1 N–H and O–H groups in total. The number of carbonyl (C=O) groups is 1. The Balaban J connectivity index is 1.89. The Hall–Kier alpha value is -3.11. The number of hydrogen-bond donors (Lipinski definition) is 1. The monoisotopic (exact) mass is 376 g/mol. The number of ether oxygens (including phenoxy) is 2. The molecule has 4 nitrogen and oxygen atoms in total. The van der Waals surface area contributed by atoms with Crippen LogP contribution in [0.3, 0.4) is 0 Å². The van der Waals surface area contributed by atoms with Gasteiger partial charge in [-0.1, -0.05) is 59.7 Å². The Labute approximate surface area is 165 Å². The van der Waals surface area contributed by atoms with Crippen LogP contribution in [-0.2, 0) is 4.74 Å². The molecule has 28 heavy (non-hydrogen) atoms. The van der Waals surface area contributed by atoms with Crippen molar-refractivity contribution >= 4 is 5.97 Å². The van der Waals surface area contributed by atoms with E-state index < -0.39 is 18.2 Å². The highest BCUT2D eigenvalue weighted by Gasteiger charge is 2.27. The number of methoxy groups -OCH3 is 1. The Morgan fingerprint density at radius 1 is 0.786 bits per heavy atom. The summed E-state index contributed by atoms with van der Waals surface area (Å²) in [5.74, 6) is 0.158. The number of hydrogen-bond acceptors (Lipinski definition) is 4. The summed E-state index contributed by atoms with van der Waals surface area (Å²) >= 11 is 0. The van der Waals surface area contributed by atoms with Gasteiger partial charge in [0.2, 0.25) is 0 Å². The third-order valence-electron chi connectivity index (χ3n) is 4.67. The number of rotatable bonds is 6. The van der Waals surface area contributed by atoms with Gasteiger partial charge in [-0.25, -0.2) is 4.79 Å². The average molecular weight is 376 g/mol. The fraction of sp³-hybridized carbons (Fsp3) is 0.208. The van der Waals surface area contributed by atoms with Crippen LogP contribution in [0.1, 0.15) is 44.8 Å². The van der Waals surface area contributed by atoms with Gasteiger partial charge in [-0.15, -0.1) is 0 Å². The molecule has 3 aromatic rings. The minimum absolute atomic E-state index is 0.397. The van der Waals surface area contributed by atoms with Crippen LogP contribution in [0.4, 0.5) is 0 Å². The van der Waals surface area contributed by atoms with Crippen LogP contribution < -0.4 is 4.74 Å². The topological polar surface area (TPSA) is 55.8 Å². The molecule has 0 saturated heterocycles. The van der Waals surface area contributed by atoms with E-state index in [1.165, 1.54) is 0 Å². The minimum atomic E-state index is -0.981. The maximum Gasteiger partial charge on any atom is 0.338 e. The zero-order valence-electron chi connectivity index (χ0n) is 16.3. The van der Waals surface area contributed by atoms with Crippen LogP contribution in [0.15, 0.2) is 72.8 Å². The lowest BCUT2D eigenvalue weighted by Crippen LogP contribution is -2.19. The molecular formula is C24H24O4. The highest BCUT2D eigenvalue weighted by molar-refractivity contribution is 5.89. The van der Waals surface area contributed by atoms with Crippen molar-refractivity contribution in [1.82, 2.24) is 0 Å². The van der Waals surface area contributed by atoms with Crippen LogP contribution in [0, 0.1) is 13.8 Å². The summed E-state index contributed by atoms with van der Waals surface area (Å²) in [5, 5.41) is 11.0. The smallest absolute Gasteiger partial charge is 0.338 e. The van der Waals surface area contributed by atoms with Gasteiger partial charge in [0.05, 0.1) is 12.7 Å². The Morgan fingerprint density at radius 3 is 1.79 bits per heavy atom. The summed E-state index contributed by atoms with van der Waals surface area (Å²) in [6, 6.07) is 21.9. The van der Waals surface area contributed by atoms with E-state index in [0.717, 1.165) is 16.7 Å². The first kappa shape index (κ1) is 19.6. The van der Waals surface area contributed by atoms with E-state index in [-0.39, 0.29) is 0 Å². The van der Waals surface area contributed by atoms with E-state index in [9.17, 15) is 9.90 Å². The van der Waals surface area contributed by atoms with E-state index in [0.29, 0.717) is 16.9 Å². The SMILES string of the molecule is COc1ccc(C(=O)O[C@H](c2ccc(C)cc2)[C@@H](O)c2ccc(C)cc2)cc1. The van der Waals surface area contributed by atoms with Gasteiger partial charge in [-0.3, -0.25) is 0 Å². The minimum Gasteiger partial charge on any atom is -0.497 e. The van der Waals surface area contributed by atoms with E-state index in [1.807, 2.05) is 62.4 Å². The van der Waals surface area contributed by atoms with E-state index in [1.54, 1.807) is 31.4 Å². The van der Waals surface area contributed by atoms with Crippen molar-refractivity contribution in [3.8, 4) is 5.75 Å². The van der Waals surface area contributed by atoms with Crippen molar-refractivity contribution < 1.29 is 19.4 Å². The van der Waals surface area contributed by atoms with Crippen LogP contribution in [0.5, 0.6) is 5.75 Å². The molecule has 0 spiro atoms. The molecule has 2 atom stereocenters. The predicted molar refractivity (Wildman–Crippen MR) is 108 cm³/mol. The molecule has 3 aromatic carbocycles. The molecular weight excluding hydrogens is 352 g/mol. The van der Waals surface area contributed by atoms with Crippen molar-refractivity contribution in [2.75, 3.05) is 7.11 Å². The number of benzene rings is 3. The molecule has 0 aromatic heterocycles. The quantitative estimate of drug-likeness (QED) is 0.619. The first-order valence-electron chi connectivity index (χ1n) is 9.14. The summed E-state index contributed by atoms with van der Waals surface area (Å²) in [5.41, 5.74) is 4.01. The summed E-state index contributed by atoms with van der Waals surface area (Å²) in [4.78, 5) is 12.7. The Kier molecular flexibility index (Phi) is 6.12. The number of esters is 1. The second kappa shape index (κ2) is 8.72. The van der Waals surface area contributed by atoms with Gasteiger partial charge in [0.25, 0.3) is 0 Å². The molecule has 4 heteroatoms. The Bertz CT molecular complexity index is 912. The van der Waals surface area contributed by atoms with E-state index in [4.69, 9.17) is 9.47 Å². The second-order valence-corrected chi connectivity index (χ2v) is 6.82. The fourth-order valence-corrected chi connectivity index (χ4v) is 2.92. The van der Waals surface area contributed by atoms with Crippen LogP contribution in [-0.4, -0.2) is 18.2 Å². The summed E-state index contributed by atoms with van der Waals surface area (Å²) < 4.78 is 10.9. The normalized spacial score (nSPS) is 12.9. The molecule has 0 radical (unpaired) electrons. The lowest BCUT2D eigenvalue weighted by Gasteiger charge is -2.24. The van der Waals surface area contributed by atoms with Gasteiger partial charge in [-0.2, -0.15) is 0 Å². The summed E-state index contributed by atoms with van der Waals surface area (Å²) in [6.45, 7) is 3.97. The molecule has 0 bridgehead atoms. The van der Waals surface area contributed by atoms with Crippen molar-refractivity contribution in [2.24, 2.45) is 0 Å². The molecule has 0 heterocycles. The van der Waals surface area contributed by atoms with Gasteiger partial charge >= 0.3 is 5.97 Å². The molecule has 0 unspecified atom stereocenters. The molecule has 0 fully saturated rings. The zero-order valence-corrected chi connectivity index (χ0v) is 16.3. The van der Waals surface area contributed by atoms with Gasteiger partial charge in [0, 0.05) is 0 Å². The van der Waals surface area contributed by atoms with Gasteiger partial charge in [0.1, 0.15) is 11.9 Å². The van der Waals surface area contributed by atoms with Crippen molar-refractivity contribution in [2.45, 2.75) is 26.1 Å². The molecule has 0 aliphatic heterocycles. The number of aliphatic hydroxyl groups is 1. The van der Waals surface area contributed by atoms with Gasteiger partial charge < -0.3 is 14.6 Å². The molecule has 3 rings (SSSR count). The highest BCUT2D eigenvalue weighted by Crippen LogP contribution is 2.33. The zero-order chi connectivity index (χ0) is 20.1. The van der Waals surface area contributed by atoms with Crippen LogP contribution in [0.25, 0.3) is 0 Å². The molecule has 0 aliphatic carbocycles. The van der Waals surface area contributed by atoms with E-state index >= 15 is 0 Å². The number of aliphatic hydroxyl groups excluding tert-OH is 1. The van der Waals surface area contributed by atoms with Crippen molar-refractivity contribution in [3.05, 3.63) is 101 Å². The second-order valence-electron chi connectivity index (χ2n) is 6.82. The third-order valence-corrected chi connectivity index (χ3v) is 4.67.